The molecular weight excluding hydrogens is 198 g/mol. The van der Waals surface area contributed by atoms with Crippen molar-refractivity contribution in [1.82, 2.24) is 15.1 Å². The van der Waals surface area contributed by atoms with E-state index in [1.165, 1.54) is 25.7 Å². The fourth-order valence-electron chi connectivity index (χ4n) is 2.44. The van der Waals surface area contributed by atoms with Crippen LogP contribution in [0.5, 0.6) is 0 Å². The van der Waals surface area contributed by atoms with Crippen molar-refractivity contribution in [3.8, 4) is 0 Å². The third kappa shape index (κ3) is 2.85. The lowest BCUT2D eigenvalue weighted by Crippen LogP contribution is -2.44. The summed E-state index contributed by atoms with van der Waals surface area (Å²) in [6.07, 6.45) is 7.29. The van der Waals surface area contributed by atoms with Crippen LogP contribution in [0.1, 0.15) is 45.2 Å². The van der Waals surface area contributed by atoms with Crippen LogP contribution in [-0.2, 0) is 13.6 Å². The Labute approximate surface area is 98.2 Å². The van der Waals surface area contributed by atoms with Crippen molar-refractivity contribution < 1.29 is 0 Å². The van der Waals surface area contributed by atoms with Crippen LogP contribution in [0.2, 0.25) is 0 Å². The molecule has 0 bridgehead atoms. The van der Waals surface area contributed by atoms with E-state index in [1.54, 1.807) is 0 Å². The lowest BCUT2D eigenvalue weighted by molar-refractivity contribution is 0.212. The summed E-state index contributed by atoms with van der Waals surface area (Å²) in [7, 11) is 1.97. The number of rotatable bonds is 3. The van der Waals surface area contributed by atoms with E-state index < -0.39 is 0 Å². The Morgan fingerprint density at radius 2 is 2.19 bits per heavy atom. The van der Waals surface area contributed by atoms with E-state index in [-0.39, 0.29) is 0 Å². The Hall–Kier alpha value is -0.830. The van der Waals surface area contributed by atoms with E-state index in [0.29, 0.717) is 5.54 Å². The minimum atomic E-state index is 0.323. The molecule has 0 atom stereocenters. The number of hydrogen-bond donors (Lipinski definition) is 1. The van der Waals surface area contributed by atoms with Gasteiger partial charge in [-0.25, -0.2) is 0 Å². The summed E-state index contributed by atoms with van der Waals surface area (Å²) in [6, 6.07) is 2.09. The molecule has 1 aromatic heterocycles. The molecule has 1 aliphatic rings. The Morgan fingerprint density at radius 1 is 1.50 bits per heavy atom. The Balaban J connectivity index is 1.85. The molecule has 1 fully saturated rings. The van der Waals surface area contributed by atoms with Gasteiger partial charge in [0, 0.05) is 25.3 Å². The molecule has 1 aromatic rings. The van der Waals surface area contributed by atoms with E-state index in [4.69, 9.17) is 0 Å². The van der Waals surface area contributed by atoms with Crippen LogP contribution in [0.4, 0.5) is 0 Å². The van der Waals surface area contributed by atoms with Crippen LogP contribution in [0, 0.1) is 5.92 Å². The molecule has 90 valence electrons. The molecule has 3 nitrogen and oxygen atoms in total. The SMILES string of the molecule is CC1CCC(C)(NCc2ccn(C)n2)CC1. The second-order valence-corrected chi connectivity index (χ2v) is 5.58. The fraction of sp³-hybridized carbons (Fsp3) is 0.769. The van der Waals surface area contributed by atoms with Crippen molar-refractivity contribution in [2.75, 3.05) is 0 Å². The van der Waals surface area contributed by atoms with Gasteiger partial charge in [-0.3, -0.25) is 4.68 Å². The minimum Gasteiger partial charge on any atom is -0.306 e. The minimum absolute atomic E-state index is 0.323. The molecule has 1 N–H and O–H groups in total. The standard InChI is InChI=1S/C13H23N3/c1-11-4-7-13(2,8-5-11)14-10-12-6-9-16(3)15-12/h6,9,11,14H,4-5,7-8,10H2,1-3H3. The predicted octanol–water partition coefficient (Wildman–Crippen LogP) is 2.48. The second kappa shape index (κ2) is 4.58. The average molecular weight is 221 g/mol. The van der Waals surface area contributed by atoms with Crippen LogP contribution in [0.3, 0.4) is 0 Å². The molecular formula is C13H23N3. The maximum absolute atomic E-state index is 4.40. The van der Waals surface area contributed by atoms with Gasteiger partial charge >= 0.3 is 0 Å². The Kier molecular flexibility index (Phi) is 3.33. The molecule has 1 aliphatic carbocycles. The molecule has 1 heterocycles. The number of nitrogens with one attached hydrogen (secondary N) is 1. The van der Waals surface area contributed by atoms with Crippen molar-refractivity contribution in [1.29, 1.82) is 0 Å². The molecule has 16 heavy (non-hydrogen) atoms. The molecule has 0 saturated heterocycles. The Morgan fingerprint density at radius 3 is 2.75 bits per heavy atom. The quantitative estimate of drug-likeness (QED) is 0.850. The molecule has 3 heteroatoms. The van der Waals surface area contributed by atoms with Gasteiger partial charge in [0.25, 0.3) is 0 Å². The molecule has 0 radical (unpaired) electrons. The summed E-state index contributed by atoms with van der Waals surface area (Å²) in [5.74, 6) is 0.907. The van der Waals surface area contributed by atoms with Gasteiger partial charge in [-0.15, -0.1) is 0 Å². The monoisotopic (exact) mass is 221 g/mol. The van der Waals surface area contributed by atoms with Crippen LogP contribution in [0.25, 0.3) is 0 Å². The maximum atomic E-state index is 4.40. The summed E-state index contributed by atoms with van der Waals surface area (Å²) >= 11 is 0. The molecule has 0 unspecified atom stereocenters. The maximum Gasteiger partial charge on any atom is 0.0762 e. The number of aryl methyl sites for hydroxylation is 1. The number of nitrogens with zero attached hydrogens (tertiary/aromatic N) is 2. The second-order valence-electron chi connectivity index (χ2n) is 5.58. The highest BCUT2D eigenvalue weighted by Gasteiger charge is 2.28. The molecule has 0 aromatic carbocycles. The van der Waals surface area contributed by atoms with Gasteiger partial charge in [0.15, 0.2) is 0 Å². The predicted molar refractivity (Wildman–Crippen MR) is 66.1 cm³/mol. The van der Waals surface area contributed by atoms with Gasteiger partial charge in [0.2, 0.25) is 0 Å². The molecule has 2 rings (SSSR count). The van der Waals surface area contributed by atoms with Crippen LogP contribution >= 0.6 is 0 Å². The smallest absolute Gasteiger partial charge is 0.0762 e. The summed E-state index contributed by atoms with van der Waals surface area (Å²) in [5.41, 5.74) is 1.46. The van der Waals surface area contributed by atoms with Crippen molar-refractivity contribution in [2.24, 2.45) is 13.0 Å². The first kappa shape index (κ1) is 11.6. The van der Waals surface area contributed by atoms with E-state index in [9.17, 15) is 0 Å². The van der Waals surface area contributed by atoms with Crippen LogP contribution in [0.15, 0.2) is 12.3 Å². The van der Waals surface area contributed by atoms with Crippen molar-refractivity contribution in [3.05, 3.63) is 18.0 Å². The van der Waals surface area contributed by atoms with Gasteiger partial charge in [-0.05, 0) is 44.6 Å². The third-order valence-corrected chi connectivity index (χ3v) is 3.84. The molecule has 1 saturated carbocycles. The average Bonchev–Trinajstić information content (AvgIpc) is 2.67. The van der Waals surface area contributed by atoms with Crippen LogP contribution < -0.4 is 5.32 Å². The molecule has 0 spiro atoms. The number of hydrogen-bond acceptors (Lipinski definition) is 2. The lowest BCUT2D eigenvalue weighted by atomic mass is 9.78. The normalized spacial score (nSPS) is 30.6. The zero-order valence-corrected chi connectivity index (χ0v) is 10.7. The Bertz CT molecular complexity index is 335. The number of aromatic nitrogens is 2. The van der Waals surface area contributed by atoms with Gasteiger partial charge in [-0.2, -0.15) is 5.10 Å². The highest BCUT2D eigenvalue weighted by Crippen LogP contribution is 2.31. The van der Waals surface area contributed by atoms with Gasteiger partial charge < -0.3 is 5.32 Å². The highest BCUT2D eigenvalue weighted by molar-refractivity contribution is 5.00. The van der Waals surface area contributed by atoms with E-state index >= 15 is 0 Å². The summed E-state index contributed by atoms with van der Waals surface area (Å²) < 4.78 is 1.86. The summed E-state index contributed by atoms with van der Waals surface area (Å²) in [4.78, 5) is 0. The first-order valence-electron chi connectivity index (χ1n) is 6.31. The fourth-order valence-corrected chi connectivity index (χ4v) is 2.44. The highest BCUT2D eigenvalue weighted by atomic mass is 15.3. The van der Waals surface area contributed by atoms with Gasteiger partial charge in [0.05, 0.1) is 5.69 Å². The van der Waals surface area contributed by atoms with Crippen molar-refractivity contribution >= 4 is 0 Å². The first-order valence-corrected chi connectivity index (χ1v) is 6.31. The zero-order chi connectivity index (χ0) is 11.6. The summed E-state index contributed by atoms with van der Waals surface area (Å²) in [6.45, 7) is 5.60. The van der Waals surface area contributed by atoms with Crippen molar-refractivity contribution in [3.63, 3.8) is 0 Å². The lowest BCUT2D eigenvalue weighted by Gasteiger charge is -2.37. The van der Waals surface area contributed by atoms with Gasteiger partial charge in [0.1, 0.15) is 0 Å². The van der Waals surface area contributed by atoms with Crippen molar-refractivity contribution in [2.45, 2.75) is 51.6 Å². The first-order chi connectivity index (χ1) is 7.57. The van der Waals surface area contributed by atoms with Crippen LogP contribution in [-0.4, -0.2) is 15.3 Å². The van der Waals surface area contributed by atoms with E-state index in [1.807, 2.05) is 17.9 Å². The zero-order valence-electron chi connectivity index (χ0n) is 10.7. The van der Waals surface area contributed by atoms with E-state index in [0.717, 1.165) is 18.2 Å². The topological polar surface area (TPSA) is 29.9 Å². The summed E-state index contributed by atoms with van der Waals surface area (Å²) in [5, 5.41) is 8.07. The molecule has 0 amide bonds. The third-order valence-electron chi connectivity index (χ3n) is 3.84. The van der Waals surface area contributed by atoms with Gasteiger partial charge in [-0.1, -0.05) is 6.92 Å². The van der Waals surface area contributed by atoms with E-state index in [2.05, 4.69) is 30.3 Å². The largest absolute Gasteiger partial charge is 0.306 e. The molecule has 0 aliphatic heterocycles.